The van der Waals surface area contributed by atoms with Crippen molar-refractivity contribution in [2.45, 2.75) is 18.7 Å². The van der Waals surface area contributed by atoms with Crippen LogP contribution in [0.4, 0.5) is 0 Å². The smallest absolute Gasteiger partial charge is 0.258 e. The van der Waals surface area contributed by atoms with E-state index in [9.17, 15) is 4.79 Å². The van der Waals surface area contributed by atoms with E-state index in [4.69, 9.17) is 17.3 Å². The molecule has 96 valence electrons. The molecule has 0 aliphatic rings. The number of hydrogen-bond donors (Lipinski definition) is 1. The number of aromatic nitrogens is 2. The minimum atomic E-state index is -0.112. The highest BCUT2D eigenvalue weighted by Gasteiger charge is 2.04. The zero-order valence-corrected chi connectivity index (χ0v) is 11.5. The first-order valence-corrected chi connectivity index (χ1v) is 7.10. The highest BCUT2D eigenvalue weighted by Crippen LogP contribution is 2.12. The summed E-state index contributed by atoms with van der Waals surface area (Å²) in [6.45, 7) is 1.96. The molecule has 0 saturated carbocycles. The van der Waals surface area contributed by atoms with Crippen LogP contribution >= 0.6 is 23.4 Å². The van der Waals surface area contributed by atoms with Crippen molar-refractivity contribution >= 4 is 29.0 Å². The van der Waals surface area contributed by atoms with E-state index in [2.05, 4.69) is 4.98 Å². The van der Waals surface area contributed by atoms with Gasteiger partial charge in [-0.25, -0.2) is 4.98 Å². The third-order valence-electron chi connectivity index (χ3n) is 2.31. The minimum absolute atomic E-state index is 0.112. The summed E-state index contributed by atoms with van der Waals surface area (Å²) in [6.07, 6.45) is 1.57. The fraction of sp³-hybridized carbons (Fsp3) is 0.333. The highest BCUT2D eigenvalue weighted by molar-refractivity contribution is 7.98. The SMILES string of the molecule is CC(N)CSCc1cc(=O)n2cc(Cl)ccc2n1. The van der Waals surface area contributed by atoms with Gasteiger partial charge in [0.15, 0.2) is 0 Å². The van der Waals surface area contributed by atoms with Crippen molar-refractivity contribution in [3.05, 3.63) is 45.5 Å². The van der Waals surface area contributed by atoms with Crippen molar-refractivity contribution in [2.75, 3.05) is 5.75 Å². The lowest BCUT2D eigenvalue weighted by atomic mass is 10.4. The molecule has 6 heteroatoms. The van der Waals surface area contributed by atoms with Crippen LogP contribution in [0.5, 0.6) is 0 Å². The molecule has 0 fully saturated rings. The Bertz CT molecular complexity index is 612. The molecule has 0 bridgehead atoms. The molecule has 2 heterocycles. The topological polar surface area (TPSA) is 60.4 Å². The Labute approximate surface area is 114 Å². The summed E-state index contributed by atoms with van der Waals surface area (Å²) in [7, 11) is 0. The number of pyridine rings is 1. The first kappa shape index (κ1) is 13.4. The van der Waals surface area contributed by atoms with E-state index in [0.29, 0.717) is 16.4 Å². The Hall–Kier alpha value is -1.04. The fourth-order valence-electron chi connectivity index (χ4n) is 1.55. The van der Waals surface area contributed by atoms with E-state index in [0.717, 1.165) is 11.4 Å². The van der Waals surface area contributed by atoms with Gasteiger partial charge in [0.25, 0.3) is 5.56 Å². The number of nitrogens with zero attached hydrogens (tertiary/aromatic N) is 2. The molecule has 0 aliphatic carbocycles. The molecule has 0 aliphatic heterocycles. The Morgan fingerprint density at radius 1 is 1.56 bits per heavy atom. The van der Waals surface area contributed by atoms with Crippen molar-refractivity contribution in [1.82, 2.24) is 9.38 Å². The predicted octanol–water partition coefficient (Wildman–Crippen LogP) is 1.93. The van der Waals surface area contributed by atoms with Gasteiger partial charge >= 0.3 is 0 Å². The number of nitrogens with two attached hydrogens (primary N) is 1. The van der Waals surface area contributed by atoms with Crippen molar-refractivity contribution < 1.29 is 0 Å². The van der Waals surface area contributed by atoms with Crippen LogP contribution in [-0.4, -0.2) is 21.2 Å². The van der Waals surface area contributed by atoms with E-state index in [-0.39, 0.29) is 11.6 Å². The van der Waals surface area contributed by atoms with Gasteiger partial charge in [-0.05, 0) is 19.1 Å². The molecule has 0 saturated heterocycles. The molecule has 2 N–H and O–H groups in total. The maximum atomic E-state index is 11.9. The Kier molecular flexibility index (Phi) is 4.27. The Balaban J connectivity index is 2.26. The van der Waals surface area contributed by atoms with Crippen molar-refractivity contribution in [3.8, 4) is 0 Å². The lowest BCUT2D eigenvalue weighted by Gasteiger charge is -2.06. The molecule has 0 aromatic carbocycles. The van der Waals surface area contributed by atoms with Crippen LogP contribution in [0.3, 0.4) is 0 Å². The summed E-state index contributed by atoms with van der Waals surface area (Å²) < 4.78 is 1.45. The molecule has 18 heavy (non-hydrogen) atoms. The Morgan fingerprint density at radius 3 is 3.06 bits per heavy atom. The molecule has 1 atom stereocenters. The molecule has 0 spiro atoms. The number of halogens is 1. The average Bonchev–Trinajstić information content (AvgIpc) is 2.30. The molecule has 0 radical (unpaired) electrons. The van der Waals surface area contributed by atoms with Crippen LogP contribution < -0.4 is 11.3 Å². The van der Waals surface area contributed by atoms with Gasteiger partial charge in [0.2, 0.25) is 0 Å². The van der Waals surface area contributed by atoms with Gasteiger partial charge in [0.1, 0.15) is 5.65 Å². The van der Waals surface area contributed by atoms with Crippen LogP contribution in [0.1, 0.15) is 12.6 Å². The van der Waals surface area contributed by atoms with Crippen LogP contribution in [-0.2, 0) is 5.75 Å². The van der Waals surface area contributed by atoms with Gasteiger partial charge in [0.05, 0.1) is 10.7 Å². The molecule has 2 aromatic rings. The maximum Gasteiger partial charge on any atom is 0.258 e. The van der Waals surface area contributed by atoms with Gasteiger partial charge in [0, 0.05) is 29.8 Å². The molecular formula is C12H14ClN3OS. The standard InChI is InChI=1S/C12H14ClN3OS/c1-8(14)6-18-7-10-4-12(17)16-5-9(13)2-3-11(16)15-10/h2-5,8H,6-7,14H2,1H3. The number of rotatable bonds is 4. The maximum absolute atomic E-state index is 11.9. The zero-order chi connectivity index (χ0) is 13.1. The summed E-state index contributed by atoms with van der Waals surface area (Å²) in [6, 6.07) is 5.15. The van der Waals surface area contributed by atoms with Crippen molar-refractivity contribution in [3.63, 3.8) is 0 Å². The van der Waals surface area contributed by atoms with E-state index < -0.39 is 0 Å². The highest BCUT2D eigenvalue weighted by atomic mass is 35.5. The summed E-state index contributed by atoms with van der Waals surface area (Å²) in [5.74, 6) is 1.54. The van der Waals surface area contributed by atoms with Crippen LogP contribution in [0.25, 0.3) is 5.65 Å². The van der Waals surface area contributed by atoms with Gasteiger partial charge < -0.3 is 5.73 Å². The van der Waals surface area contributed by atoms with Gasteiger partial charge in [-0.15, -0.1) is 0 Å². The molecule has 2 aromatic heterocycles. The normalized spacial score (nSPS) is 12.8. The van der Waals surface area contributed by atoms with Gasteiger partial charge in [-0.3, -0.25) is 9.20 Å². The molecule has 2 rings (SSSR count). The van der Waals surface area contributed by atoms with E-state index in [1.54, 1.807) is 30.1 Å². The number of hydrogen-bond acceptors (Lipinski definition) is 4. The molecule has 4 nitrogen and oxygen atoms in total. The number of fused-ring (bicyclic) bond motifs is 1. The number of thioether (sulfide) groups is 1. The predicted molar refractivity (Wildman–Crippen MR) is 76.3 cm³/mol. The Morgan fingerprint density at radius 2 is 2.33 bits per heavy atom. The molecule has 1 unspecified atom stereocenters. The molecule has 0 amide bonds. The van der Waals surface area contributed by atoms with Crippen LogP contribution in [0.15, 0.2) is 29.2 Å². The fourth-order valence-corrected chi connectivity index (χ4v) is 2.56. The third-order valence-corrected chi connectivity index (χ3v) is 3.79. The largest absolute Gasteiger partial charge is 0.327 e. The lowest BCUT2D eigenvalue weighted by molar-refractivity contribution is 0.846. The van der Waals surface area contributed by atoms with Crippen LogP contribution in [0, 0.1) is 0 Å². The minimum Gasteiger partial charge on any atom is -0.327 e. The summed E-state index contributed by atoms with van der Waals surface area (Å²) >= 11 is 7.52. The first-order valence-electron chi connectivity index (χ1n) is 5.57. The monoisotopic (exact) mass is 283 g/mol. The zero-order valence-electron chi connectivity index (χ0n) is 9.97. The lowest BCUT2D eigenvalue weighted by Crippen LogP contribution is -2.18. The second kappa shape index (κ2) is 5.73. The summed E-state index contributed by atoms with van der Waals surface area (Å²) in [4.78, 5) is 16.3. The summed E-state index contributed by atoms with van der Waals surface area (Å²) in [5, 5.41) is 0.519. The third kappa shape index (κ3) is 3.25. The first-order chi connectivity index (χ1) is 8.56. The van der Waals surface area contributed by atoms with E-state index in [1.165, 1.54) is 10.5 Å². The van der Waals surface area contributed by atoms with Crippen molar-refractivity contribution in [1.29, 1.82) is 0 Å². The summed E-state index contributed by atoms with van der Waals surface area (Å²) in [5.41, 5.74) is 6.95. The van der Waals surface area contributed by atoms with Gasteiger partial charge in [-0.1, -0.05) is 11.6 Å². The van der Waals surface area contributed by atoms with E-state index >= 15 is 0 Å². The second-order valence-corrected chi connectivity index (χ2v) is 5.62. The van der Waals surface area contributed by atoms with Crippen LogP contribution in [0.2, 0.25) is 5.02 Å². The van der Waals surface area contributed by atoms with Gasteiger partial charge in [-0.2, -0.15) is 11.8 Å². The quantitative estimate of drug-likeness (QED) is 0.931. The van der Waals surface area contributed by atoms with Crippen molar-refractivity contribution in [2.24, 2.45) is 5.73 Å². The molecular weight excluding hydrogens is 270 g/mol. The second-order valence-electron chi connectivity index (χ2n) is 4.15. The van der Waals surface area contributed by atoms with E-state index in [1.807, 2.05) is 6.92 Å². The average molecular weight is 284 g/mol.